The first-order valence-corrected chi connectivity index (χ1v) is 6.15. The second kappa shape index (κ2) is 5.02. The zero-order valence-electron chi connectivity index (χ0n) is 10.5. The first-order valence-electron chi connectivity index (χ1n) is 6.15. The molecule has 1 saturated heterocycles. The standard InChI is InChI=1S/C13H20N2O2/c1-9-6-10(2)15(13(16)12(9)7-14)8-11-4-3-5-17-11/h6,11H,3-5,7-8,14H2,1-2H3. The van der Waals surface area contributed by atoms with Crippen molar-refractivity contribution in [3.8, 4) is 0 Å². The molecule has 0 amide bonds. The molecule has 1 aliphatic heterocycles. The van der Waals surface area contributed by atoms with Crippen molar-refractivity contribution >= 4 is 0 Å². The highest BCUT2D eigenvalue weighted by Gasteiger charge is 2.18. The van der Waals surface area contributed by atoms with E-state index in [4.69, 9.17) is 10.5 Å². The zero-order chi connectivity index (χ0) is 12.4. The molecule has 0 radical (unpaired) electrons. The summed E-state index contributed by atoms with van der Waals surface area (Å²) in [5, 5.41) is 0. The third kappa shape index (κ3) is 2.42. The Morgan fingerprint density at radius 3 is 2.88 bits per heavy atom. The van der Waals surface area contributed by atoms with Gasteiger partial charge in [0.25, 0.3) is 5.56 Å². The van der Waals surface area contributed by atoms with Gasteiger partial charge in [-0.3, -0.25) is 4.79 Å². The topological polar surface area (TPSA) is 57.2 Å². The molecule has 0 aliphatic carbocycles. The summed E-state index contributed by atoms with van der Waals surface area (Å²) in [4.78, 5) is 12.3. The smallest absolute Gasteiger partial charge is 0.255 e. The Labute approximate surface area is 101 Å². The highest BCUT2D eigenvalue weighted by Crippen LogP contribution is 2.15. The fourth-order valence-corrected chi connectivity index (χ4v) is 2.44. The Hall–Kier alpha value is -1.13. The summed E-state index contributed by atoms with van der Waals surface area (Å²) >= 11 is 0. The molecular formula is C13H20N2O2. The predicted octanol–water partition coefficient (Wildman–Crippen LogP) is 1.10. The van der Waals surface area contributed by atoms with Gasteiger partial charge in [0.05, 0.1) is 12.6 Å². The van der Waals surface area contributed by atoms with Gasteiger partial charge in [0.1, 0.15) is 0 Å². The Bertz CT molecular complexity index is 459. The van der Waals surface area contributed by atoms with Crippen LogP contribution < -0.4 is 11.3 Å². The molecule has 2 N–H and O–H groups in total. The fraction of sp³-hybridized carbons (Fsp3) is 0.615. The van der Waals surface area contributed by atoms with Crippen LogP contribution in [0.2, 0.25) is 0 Å². The van der Waals surface area contributed by atoms with E-state index in [-0.39, 0.29) is 11.7 Å². The lowest BCUT2D eigenvalue weighted by molar-refractivity contribution is 0.0955. The minimum atomic E-state index is 0.0421. The molecule has 4 nitrogen and oxygen atoms in total. The molecule has 17 heavy (non-hydrogen) atoms. The van der Waals surface area contributed by atoms with Crippen LogP contribution >= 0.6 is 0 Å². The van der Waals surface area contributed by atoms with E-state index < -0.39 is 0 Å². The highest BCUT2D eigenvalue weighted by molar-refractivity contribution is 5.26. The molecule has 0 spiro atoms. The second-order valence-electron chi connectivity index (χ2n) is 4.70. The van der Waals surface area contributed by atoms with Crippen molar-refractivity contribution in [2.45, 2.75) is 45.9 Å². The van der Waals surface area contributed by atoms with E-state index in [9.17, 15) is 4.79 Å². The minimum Gasteiger partial charge on any atom is -0.376 e. The lowest BCUT2D eigenvalue weighted by Gasteiger charge is -2.17. The molecule has 0 saturated carbocycles. The molecule has 0 aromatic carbocycles. The highest BCUT2D eigenvalue weighted by atomic mass is 16.5. The molecule has 0 bridgehead atoms. The van der Waals surface area contributed by atoms with E-state index in [0.29, 0.717) is 18.7 Å². The van der Waals surface area contributed by atoms with E-state index in [1.807, 2.05) is 19.9 Å². The van der Waals surface area contributed by atoms with Gasteiger partial charge in [0, 0.05) is 24.4 Å². The van der Waals surface area contributed by atoms with Crippen LogP contribution in [0.4, 0.5) is 0 Å². The number of ether oxygens (including phenoxy) is 1. The van der Waals surface area contributed by atoms with Gasteiger partial charge < -0.3 is 15.0 Å². The maximum absolute atomic E-state index is 12.3. The molecule has 1 aliphatic rings. The Morgan fingerprint density at radius 1 is 1.53 bits per heavy atom. The van der Waals surface area contributed by atoms with Crippen LogP contribution in [0.25, 0.3) is 0 Å². The normalized spacial score (nSPS) is 19.8. The van der Waals surface area contributed by atoms with Crippen molar-refractivity contribution in [2.75, 3.05) is 6.61 Å². The Kier molecular flexibility index (Phi) is 3.64. The number of rotatable bonds is 3. The zero-order valence-corrected chi connectivity index (χ0v) is 10.5. The van der Waals surface area contributed by atoms with E-state index in [1.54, 1.807) is 4.57 Å². The average Bonchev–Trinajstić information content (AvgIpc) is 2.77. The summed E-state index contributed by atoms with van der Waals surface area (Å²) in [5.41, 5.74) is 8.36. The van der Waals surface area contributed by atoms with Crippen LogP contribution in [0.1, 0.15) is 29.7 Å². The number of aromatic nitrogens is 1. The number of nitrogens with two attached hydrogens (primary N) is 1. The second-order valence-corrected chi connectivity index (χ2v) is 4.70. The Morgan fingerprint density at radius 2 is 2.29 bits per heavy atom. The quantitative estimate of drug-likeness (QED) is 0.855. The first-order chi connectivity index (χ1) is 8.13. The van der Waals surface area contributed by atoms with Crippen molar-refractivity contribution in [1.29, 1.82) is 0 Å². The van der Waals surface area contributed by atoms with Crippen molar-refractivity contribution < 1.29 is 4.74 Å². The van der Waals surface area contributed by atoms with Crippen molar-refractivity contribution in [1.82, 2.24) is 4.57 Å². The molecular weight excluding hydrogens is 216 g/mol. The van der Waals surface area contributed by atoms with Crippen molar-refractivity contribution in [3.05, 3.63) is 33.2 Å². The van der Waals surface area contributed by atoms with Gasteiger partial charge in [0.2, 0.25) is 0 Å². The Balaban J connectivity index is 2.35. The van der Waals surface area contributed by atoms with Crippen molar-refractivity contribution in [3.63, 3.8) is 0 Å². The van der Waals surface area contributed by atoms with Gasteiger partial charge in [0.15, 0.2) is 0 Å². The molecule has 1 aromatic heterocycles. The average molecular weight is 236 g/mol. The monoisotopic (exact) mass is 236 g/mol. The summed E-state index contributed by atoms with van der Waals surface area (Å²) in [6.07, 6.45) is 2.31. The summed E-state index contributed by atoms with van der Waals surface area (Å²) in [6, 6.07) is 2.03. The van der Waals surface area contributed by atoms with Gasteiger partial charge in [-0.2, -0.15) is 0 Å². The maximum atomic E-state index is 12.3. The molecule has 1 fully saturated rings. The largest absolute Gasteiger partial charge is 0.376 e. The molecule has 4 heteroatoms. The summed E-state index contributed by atoms with van der Waals surface area (Å²) < 4.78 is 7.38. The van der Waals surface area contributed by atoms with E-state index >= 15 is 0 Å². The number of hydrogen-bond donors (Lipinski definition) is 1. The minimum absolute atomic E-state index is 0.0421. The number of pyridine rings is 1. The molecule has 1 atom stereocenters. The predicted molar refractivity (Wildman–Crippen MR) is 67.0 cm³/mol. The van der Waals surface area contributed by atoms with E-state index in [1.165, 1.54) is 0 Å². The molecule has 2 heterocycles. The summed E-state index contributed by atoms with van der Waals surface area (Å²) in [7, 11) is 0. The van der Waals surface area contributed by atoms with Crippen LogP contribution in [-0.4, -0.2) is 17.3 Å². The van der Waals surface area contributed by atoms with E-state index in [0.717, 1.165) is 30.7 Å². The molecule has 1 unspecified atom stereocenters. The van der Waals surface area contributed by atoms with Gasteiger partial charge in [-0.25, -0.2) is 0 Å². The van der Waals surface area contributed by atoms with Crippen LogP contribution in [-0.2, 0) is 17.8 Å². The van der Waals surface area contributed by atoms with Gasteiger partial charge in [-0.1, -0.05) is 0 Å². The lowest BCUT2D eigenvalue weighted by Crippen LogP contribution is -2.32. The number of hydrogen-bond acceptors (Lipinski definition) is 3. The van der Waals surface area contributed by atoms with Crippen molar-refractivity contribution in [2.24, 2.45) is 5.73 Å². The third-order valence-corrected chi connectivity index (χ3v) is 3.44. The summed E-state index contributed by atoms with van der Waals surface area (Å²) in [5.74, 6) is 0. The van der Waals surface area contributed by atoms with Gasteiger partial charge in [-0.05, 0) is 38.3 Å². The molecule has 1 aromatic rings. The SMILES string of the molecule is Cc1cc(C)n(CC2CCCO2)c(=O)c1CN. The van der Waals surface area contributed by atoms with Gasteiger partial charge >= 0.3 is 0 Å². The van der Waals surface area contributed by atoms with E-state index in [2.05, 4.69) is 0 Å². The third-order valence-electron chi connectivity index (χ3n) is 3.44. The van der Waals surface area contributed by atoms with Crippen LogP contribution in [0, 0.1) is 13.8 Å². The summed E-state index contributed by atoms with van der Waals surface area (Å²) in [6.45, 7) is 5.67. The molecule has 94 valence electrons. The number of nitrogens with zero attached hydrogens (tertiary/aromatic N) is 1. The fourth-order valence-electron chi connectivity index (χ4n) is 2.44. The lowest BCUT2D eigenvalue weighted by atomic mass is 10.1. The van der Waals surface area contributed by atoms with Crippen LogP contribution in [0.5, 0.6) is 0 Å². The van der Waals surface area contributed by atoms with Crippen LogP contribution in [0.15, 0.2) is 10.9 Å². The van der Waals surface area contributed by atoms with Crippen LogP contribution in [0.3, 0.4) is 0 Å². The van der Waals surface area contributed by atoms with Gasteiger partial charge in [-0.15, -0.1) is 0 Å². The first kappa shape index (κ1) is 12.3. The molecule has 2 rings (SSSR count). The number of aryl methyl sites for hydroxylation is 2. The maximum Gasteiger partial charge on any atom is 0.255 e.